The molecule has 0 saturated heterocycles. The van der Waals surface area contributed by atoms with Crippen LogP contribution in [0.25, 0.3) is 0 Å². The van der Waals surface area contributed by atoms with Crippen molar-refractivity contribution in [2.24, 2.45) is 17.6 Å². The van der Waals surface area contributed by atoms with Crippen molar-refractivity contribution in [3.8, 4) is 0 Å². The molecule has 1 saturated carbocycles. The molecule has 1 heteroatoms. The molecular formula is C10H19N. The van der Waals surface area contributed by atoms with Crippen molar-refractivity contribution in [3.63, 3.8) is 0 Å². The Morgan fingerprint density at radius 1 is 1.36 bits per heavy atom. The first-order chi connectivity index (χ1) is 5.24. The van der Waals surface area contributed by atoms with E-state index in [1.807, 2.05) is 6.08 Å². The van der Waals surface area contributed by atoms with Crippen LogP contribution in [0.2, 0.25) is 0 Å². The molecule has 0 aromatic heterocycles. The Morgan fingerprint density at radius 3 is 2.36 bits per heavy atom. The molecule has 0 aromatic rings. The smallest absolute Gasteiger partial charge is 0.0249 e. The fourth-order valence-corrected chi connectivity index (χ4v) is 1.86. The van der Waals surface area contributed by atoms with Crippen LogP contribution in [-0.2, 0) is 0 Å². The summed E-state index contributed by atoms with van der Waals surface area (Å²) in [6.45, 7) is 6.06. The minimum Gasteiger partial charge on any atom is -0.324 e. The van der Waals surface area contributed by atoms with Crippen molar-refractivity contribution in [2.75, 3.05) is 0 Å². The maximum Gasteiger partial charge on any atom is 0.0249 e. The highest BCUT2D eigenvalue weighted by atomic mass is 14.6. The van der Waals surface area contributed by atoms with E-state index in [0.29, 0.717) is 5.92 Å². The summed E-state index contributed by atoms with van der Waals surface area (Å²) < 4.78 is 0. The van der Waals surface area contributed by atoms with Crippen molar-refractivity contribution in [1.82, 2.24) is 0 Å². The third kappa shape index (κ3) is 2.33. The zero-order valence-corrected chi connectivity index (χ0v) is 7.42. The third-order valence-electron chi connectivity index (χ3n) is 2.88. The van der Waals surface area contributed by atoms with E-state index in [1.54, 1.807) is 0 Å². The van der Waals surface area contributed by atoms with Crippen LogP contribution in [0, 0.1) is 11.8 Å². The van der Waals surface area contributed by atoms with Crippen LogP contribution >= 0.6 is 0 Å². The molecule has 1 fully saturated rings. The van der Waals surface area contributed by atoms with Gasteiger partial charge in [-0.05, 0) is 24.7 Å². The lowest BCUT2D eigenvalue weighted by atomic mass is 9.79. The van der Waals surface area contributed by atoms with Gasteiger partial charge in [0.1, 0.15) is 0 Å². The Morgan fingerprint density at radius 2 is 1.91 bits per heavy atom. The van der Waals surface area contributed by atoms with E-state index in [0.717, 1.165) is 5.92 Å². The molecule has 1 nitrogen and oxygen atoms in total. The first-order valence-corrected chi connectivity index (χ1v) is 4.62. The van der Waals surface area contributed by atoms with Gasteiger partial charge in [-0.2, -0.15) is 0 Å². The van der Waals surface area contributed by atoms with E-state index in [4.69, 9.17) is 5.73 Å². The molecule has 0 spiro atoms. The normalized spacial score (nSPS) is 34.7. The summed E-state index contributed by atoms with van der Waals surface area (Å²) in [5.74, 6) is 1.63. The first kappa shape index (κ1) is 8.79. The first-order valence-electron chi connectivity index (χ1n) is 4.62. The quantitative estimate of drug-likeness (QED) is 0.605. The lowest BCUT2D eigenvalue weighted by Crippen LogP contribution is -2.30. The summed E-state index contributed by atoms with van der Waals surface area (Å²) in [4.78, 5) is 0. The number of hydrogen-bond donors (Lipinski definition) is 1. The van der Waals surface area contributed by atoms with Gasteiger partial charge in [-0.1, -0.05) is 25.8 Å². The van der Waals surface area contributed by atoms with E-state index < -0.39 is 0 Å². The van der Waals surface area contributed by atoms with Gasteiger partial charge in [0.2, 0.25) is 0 Å². The lowest BCUT2D eigenvalue weighted by Gasteiger charge is -2.28. The van der Waals surface area contributed by atoms with Crippen LogP contribution in [0.5, 0.6) is 0 Å². The van der Waals surface area contributed by atoms with Crippen LogP contribution in [0.4, 0.5) is 0 Å². The van der Waals surface area contributed by atoms with Gasteiger partial charge < -0.3 is 5.73 Å². The number of rotatable bonds is 2. The van der Waals surface area contributed by atoms with Crippen molar-refractivity contribution < 1.29 is 0 Å². The average Bonchev–Trinajstić information content (AvgIpc) is 2.05. The minimum absolute atomic E-state index is 0.238. The van der Waals surface area contributed by atoms with Gasteiger partial charge >= 0.3 is 0 Å². The van der Waals surface area contributed by atoms with E-state index in [-0.39, 0.29) is 6.04 Å². The third-order valence-corrected chi connectivity index (χ3v) is 2.88. The maximum atomic E-state index is 5.88. The number of hydrogen-bond acceptors (Lipinski definition) is 1. The molecule has 1 aliphatic rings. The molecule has 0 aliphatic heterocycles. The van der Waals surface area contributed by atoms with Gasteiger partial charge in [-0.25, -0.2) is 0 Å². The van der Waals surface area contributed by atoms with Gasteiger partial charge in [0.05, 0.1) is 0 Å². The van der Waals surface area contributed by atoms with Gasteiger partial charge in [0.15, 0.2) is 0 Å². The predicted molar refractivity (Wildman–Crippen MR) is 49.3 cm³/mol. The number of nitrogens with two attached hydrogens (primary N) is 1. The maximum absolute atomic E-state index is 5.88. The van der Waals surface area contributed by atoms with Crippen molar-refractivity contribution in [2.45, 2.75) is 38.6 Å². The molecule has 64 valence electrons. The van der Waals surface area contributed by atoms with Crippen molar-refractivity contribution in [3.05, 3.63) is 12.7 Å². The predicted octanol–water partition coefficient (Wildman–Crippen LogP) is 2.33. The molecule has 0 heterocycles. The summed E-state index contributed by atoms with van der Waals surface area (Å²) in [6, 6.07) is 0.238. The van der Waals surface area contributed by atoms with Crippen LogP contribution in [0.3, 0.4) is 0 Å². The largest absolute Gasteiger partial charge is 0.324 e. The highest BCUT2D eigenvalue weighted by molar-refractivity contribution is 4.90. The van der Waals surface area contributed by atoms with Crippen LogP contribution < -0.4 is 5.73 Å². The summed E-state index contributed by atoms with van der Waals surface area (Å²) in [5, 5.41) is 0. The summed E-state index contributed by atoms with van der Waals surface area (Å²) in [6.07, 6.45) is 7.20. The molecule has 1 aliphatic carbocycles. The Balaban J connectivity index is 2.32. The summed E-state index contributed by atoms with van der Waals surface area (Å²) in [5.41, 5.74) is 5.88. The topological polar surface area (TPSA) is 26.0 Å². The second-order valence-electron chi connectivity index (χ2n) is 3.83. The molecule has 1 atom stereocenters. The van der Waals surface area contributed by atoms with Gasteiger partial charge in [-0.15, -0.1) is 6.58 Å². The van der Waals surface area contributed by atoms with Crippen LogP contribution in [-0.4, -0.2) is 6.04 Å². The summed E-state index contributed by atoms with van der Waals surface area (Å²) in [7, 11) is 0. The molecule has 0 amide bonds. The monoisotopic (exact) mass is 153 g/mol. The molecule has 2 N–H and O–H groups in total. The molecule has 0 radical (unpaired) electrons. The van der Waals surface area contributed by atoms with E-state index in [2.05, 4.69) is 13.5 Å². The Hall–Kier alpha value is -0.300. The highest BCUT2D eigenvalue weighted by Gasteiger charge is 2.21. The second kappa shape index (κ2) is 3.91. The zero-order chi connectivity index (χ0) is 8.27. The minimum atomic E-state index is 0.238. The van der Waals surface area contributed by atoms with E-state index >= 15 is 0 Å². The lowest BCUT2D eigenvalue weighted by molar-refractivity contribution is 0.273. The van der Waals surface area contributed by atoms with Crippen LogP contribution in [0.15, 0.2) is 12.7 Å². The van der Waals surface area contributed by atoms with E-state index in [9.17, 15) is 0 Å². The second-order valence-corrected chi connectivity index (χ2v) is 3.83. The SMILES string of the molecule is C=CC(N)C1CCC(C)CC1. The average molecular weight is 153 g/mol. The molecule has 1 rings (SSSR count). The zero-order valence-electron chi connectivity index (χ0n) is 7.42. The Bertz CT molecular complexity index is 123. The fraction of sp³-hybridized carbons (Fsp3) is 0.800. The summed E-state index contributed by atoms with van der Waals surface area (Å²) >= 11 is 0. The van der Waals surface area contributed by atoms with Crippen molar-refractivity contribution >= 4 is 0 Å². The Kier molecular flexibility index (Phi) is 3.13. The van der Waals surface area contributed by atoms with E-state index in [1.165, 1.54) is 25.7 Å². The fourth-order valence-electron chi connectivity index (χ4n) is 1.86. The van der Waals surface area contributed by atoms with Crippen molar-refractivity contribution in [1.29, 1.82) is 0 Å². The van der Waals surface area contributed by atoms with Crippen LogP contribution in [0.1, 0.15) is 32.6 Å². The highest BCUT2D eigenvalue weighted by Crippen LogP contribution is 2.29. The van der Waals surface area contributed by atoms with Gasteiger partial charge in [0, 0.05) is 6.04 Å². The molecule has 0 aromatic carbocycles. The van der Waals surface area contributed by atoms with Gasteiger partial charge in [0.25, 0.3) is 0 Å². The molecule has 11 heavy (non-hydrogen) atoms. The standard InChI is InChI=1S/C10H19N/c1-3-10(11)9-6-4-8(2)5-7-9/h3,8-10H,1,4-7,11H2,2H3. The molecule has 0 bridgehead atoms. The van der Waals surface area contributed by atoms with Gasteiger partial charge in [-0.3, -0.25) is 0 Å². The molecular weight excluding hydrogens is 134 g/mol. The Labute approximate surface area is 69.7 Å². The molecule has 1 unspecified atom stereocenters.